The van der Waals surface area contributed by atoms with Crippen LogP contribution in [0.2, 0.25) is 0 Å². The minimum absolute atomic E-state index is 0. The van der Waals surface area contributed by atoms with Crippen molar-refractivity contribution in [1.82, 2.24) is 5.32 Å². The van der Waals surface area contributed by atoms with Crippen LogP contribution in [-0.4, -0.2) is 37.1 Å². The molecule has 0 bridgehead atoms. The summed E-state index contributed by atoms with van der Waals surface area (Å²) in [6.07, 6.45) is 2.72. The second kappa shape index (κ2) is 12.8. The van der Waals surface area contributed by atoms with Crippen molar-refractivity contribution in [1.29, 1.82) is 0 Å². The zero-order valence-electron chi connectivity index (χ0n) is 13.3. The van der Waals surface area contributed by atoms with E-state index in [0.717, 1.165) is 11.3 Å². The van der Waals surface area contributed by atoms with E-state index in [1.165, 1.54) is 0 Å². The van der Waals surface area contributed by atoms with Crippen LogP contribution in [0.1, 0.15) is 18.9 Å². The Balaban J connectivity index is 0.00000441. The van der Waals surface area contributed by atoms with Crippen molar-refractivity contribution in [2.75, 3.05) is 25.2 Å². The van der Waals surface area contributed by atoms with Crippen LogP contribution in [-0.2, 0) is 16.1 Å². The monoisotopic (exact) mass is 346 g/mol. The standard InChI is InChI=1S/C16H26N2O2S.ClH/c1-13(10-18-16(19)15(17)8-9-21-2)11-20-12-14-6-4-3-5-7-14;/h3-7,13,15H,8-12,17H2,1-2H3,(H,18,19);1H/t13?,15-;/m0./s1. The summed E-state index contributed by atoms with van der Waals surface area (Å²) in [5.74, 6) is 1.11. The van der Waals surface area contributed by atoms with Gasteiger partial charge in [-0.05, 0) is 29.9 Å². The maximum Gasteiger partial charge on any atom is 0.236 e. The third-order valence-electron chi connectivity index (χ3n) is 3.11. The fraction of sp³-hybridized carbons (Fsp3) is 0.562. The lowest BCUT2D eigenvalue weighted by molar-refractivity contribution is -0.122. The number of halogens is 1. The SMILES string of the molecule is CSCC[C@H](N)C(=O)NCC(C)COCc1ccccc1.Cl. The van der Waals surface area contributed by atoms with Crippen LogP contribution in [0, 0.1) is 5.92 Å². The number of hydrogen-bond donors (Lipinski definition) is 2. The summed E-state index contributed by atoms with van der Waals surface area (Å²) in [7, 11) is 0. The molecular weight excluding hydrogens is 320 g/mol. The molecule has 0 radical (unpaired) electrons. The normalized spacial score (nSPS) is 13.0. The molecule has 0 aliphatic rings. The Bertz CT molecular complexity index is 406. The molecule has 0 aliphatic carbocycles. The summed E-state index contributed by atoms with van der Waals surface area (Å²) in [5, 5.41) is 2.89. The van der Waals surface area contributed by atoms with Crippen LogP contribution in [0.5, 0.6) is 0 Å². The molecule has 0 heterocycles. The van der Waals surface area contributed by atoms with E-state index in [2.05, 4.69) is 12.2 Å². The van der Waals surface area contributed by atoms with Crippen molar-refractivity contribution in [2.24, 2.45) is 11.7 Å². The van der Waals surface area contributed by atoms with Crippen LogP contribution >= 0.6 is 24.2 Å². The molecule has 4 nitrogen and oxygen atoms in total. The largest absolute Gasteiger partial charge is 0.376 e. The first kappa shape index (κ1) is 21.2. The van der Waals surface area contributed by atoms with Gasteiger partial charge in [-0.15, -0.1) is 12.4 Å². The van der Waals surface area contributed by atoms with Crippen LogP contribution in [0.15, 0.2) is 30.3 Å². The highest BCUT2D eigenvalue weighted by Crippen LogP contribution is 2.03. The number of carbonyl (C=O) groups excluding carboxylic acids is 1. The number of hydrogen-bond acceptors (Lipinski definition) is 4. The lowest BCUT2D eigenvalue weighted by Crippen LogP contribution is -2.42. The molecule has 1 aromatic carbocycles. The van der Waals surface area contributed by atoms with E-state index >= 15 is 0 Å². The van der Waals surface area contributed by atoms with Gasteiger partial charge >= 0.3 is 0 Å². The van der Waals surface area contributed by atoms with Gasteiger partial charge in [0, 0.05) is 6.54 Å². The van der Waals surface area contributed by atoms with Gasteiger partial charge in [-0.2, -0.15) is 11.8 Å². The third-order valence-corrected chi connectivity index (χ3v) is 3.75. The third kappa shape index (κ3) is 9.30. The van der Waals surface area contributed by atoms with Crippen molar-refractivity contribution in [3.63, 3.8) is 0 Å². The van der Waals surface area contributed by atoms with Gasteiger partial charge in [0.05, 0.1) is 19.3 Å². The second-order valence-corrected chi connectivity index (χ2v) is 6.22. The lowest BCUT2D eigenvalue weighted by Gasteiger charge is -2.16. The van der Waals surface area contributed by atoms with E-state index in [1.807, 2.05) is 36.6 Å². The predicted octanol–water partition coefficient (Wildman–Crippen LogP) is 2.46. The molecule has 0 spiro atoms. The molecule has 6 heteroatoms. The molecule has 1 rings (SSSR count). The van der Waals surface area contributed by atoms with E-state index in [9.17, 15) is 4.79 Å². The van der Waals surface area contributed by atoms with Gasteiger partial charge in [-0.3, -0.25) is 4.79 Å². The van der Waals surface area contributed by atoms with E-state index in [1.54, 1.807) is 11.8 Å². The minimum atomic E-state index is -0.408. The number of thioether (sulfide) groups is 1. The Morgan fingerprint density at radius 1 is 1.36 bits per heavy atom. The first-order valence-corrected chi connectivity index (χ1v) is 8.66. The highest BCUT2D eigenvalue weighted by Gasteiger charge is 2.13. The highest BCUT2D eigenvalue weighted by molar-refractivity contribution is 7.98. The van der Waals surface area contributed by atoms with Crippen molar-refractivity contribution in [2.45, 2.75) is 26.0 Å². The Kier molecular flexibility index (Phi) is 12.3. The summed E-state index contributed by atoms with van der Waals surface area (Å²) in [6.45, 7) is 3.88. The minimum Gasteiger partial charge on any atom is -0.376 e. The first-order chi connectivity index (χ1) is 10.1. The molecule has 0 saturated carbocycles. The number of benzene rings is 1. The molecule has 1 unspecified atom stereocenters. The molecule has 3 N–H and O–H groups in total. The van der Waals surface area contributed by atoms with Crippen LogP contribution in [0.3, 0.4) is 0 Å². The molecule has 22 heavy (non-hydrogen) atoms. The zero-order chi connectivity index (χ0) is 15.5. The van der Waals surface area contributed by atoms with Gasteiger partial charge in [-0.1, -0.05) is 37.3 Å². The van der Waals surface area contributed by atoms with Crippen molar-refractivity contribution in [3.8, 4) is 0 Å². The lowest BCUT2D eigenvalue weighted by atomic mass is 10.1. The average molecular weight is 347 g/mol. The molecule has 1 amide bonds. The summed E-state index contributed by atoms with van der Waals surface area (Å²) < 4.78 is 5.65. The van der Waals surface area contributed by atoms with Gasteiger partial charge in [0.15, 0.2) is 0 Å². The van der Waals surface area contributed by atoms with Crippen LogP contribution < -0.4 is 11.1 Å². The smallest absolute Gasteiger partial charge is 0.236 e. The summed E-state index contributed by atoms with van der Waals surface area (Å²) in [5.41, 5.74) is 6.97. The Hall–Kier alpha value is -0.750. The van der Waals surface area contributed by atoms with Crippen molar-refractivity contribution < 1.29 is 9.53 Å². The van der Waals surface area contributed by atoms with Crippen molar-refractivity contribution in [3.05, 3.63) is 35.9 Å². The molecule has 1 aromatic rings. The molecule has 2 atom stereocenters. The average Bonchev–Trinajstić information content (AvgIpc) is 2.51. The van der Waals surface area contributed by atoms with E-state index in [0.29, 0.717) is 26.2 Å². The number of rotatable bonds is 10. The fourth-order valence-electron chi connectivity index (χ4n) is 1.79. The van der Waals surface area contributed by atoms with Gasteiger partial charge in [0.25, 0.3) is 0 Å². The number of nitrogens with one attached hydrogen (secondary N) is 1. The Labute approximate surface area is 144 Å². The van der Waals surface area contributed by atoms with E-state index in [4.69, 9.17) is 10.5 Å². The topological polar surface area (TPSA) is 64.4 Å². The van der Waals surface area contributed by atoms with Gasteiger partial charge in [0.1, 0.15) is 0 Å². The molecule has 126 valence electrons. The summed E-state index contributed by atoms with van der Waals surface area (Å²) in [6, 6.07) is 9.65. The molecular formula is C16H27ClN2O2S. The van der Waals surface area contributed by atoms with E-state index < -0.39 is 6.04 Å². The van der Waals surface area contributed by atoms with Crippen molar-refractivity contribution >= 4 is 30.1 Å². The fourth-order valence-corrected chi connectivity index (χ4v) is 2.28. The van der Waals surface area contributed by atoms with Crippen LogP contribution in [0.25, 0.3) is 0 Å². The highest BCUT2D eigenvalue weighted by atomic mass is 35.5. The van der Waals surface area contributed by atoms with Gasteiger partial charge in [0.2, 0.25) is 5.91 Å². The predicted molar refractivity (Wildman–Crippen MR) is 96.5 cm³/mol. The van der Waals surface area contributed by atoms with Crippen LogP contribution in [0.4, 0.5) is 0 Å². The molecule has 0 saturated heterocycles. The molecule has 0 aromatic heterocycles. The first-order valence-electron chi connectivity index (χ1n) is 7.27. The number of ether oxygens (including phenoxy) is 1. The number of carbonyl (C=O) groups is 1. The number of amides is 1. The van der Waals surface area contributed by atoms with Gasteiger partial charge < -0.3 is 15.8 Å². The van der Waals surface area contributed by atoms with E-state index in [-0.39, 0.29) is 24.2 Å². The zero-order valence-corrected chi connectivity index (χ0v) is 14.9. The quantitative estimate of drug-likeness (QED) is 0.683. The summed E-state index contributed by atoms with van der Waals surface area (Å²) in [4.78, 5) is 11.8. The second-order valence-electron chi connectivity index (χ2n) is 5.24. The molecule has 0 fully saturated rings. The maximum absolute atomic E-state index is 11.8. The Morgan fingerprint density at radius 2 is 2.05 bits per heavy atom. The maximum atomic E-state index is 11.8. The Morgan fingerprint density at radius 3 is 2.68 bits per heavy atom. The van der Waals surface area contributed by atoms with Gasteiger partial charge in [-0.25, -0.2) is 0 Å². The summed E-state index contributed by atoms with van der Waals surface area (Å²) >= 11 is 1.70. The number of nitrogens with two attached hydrogens (primary N) is 1. The molecule has 0 aliphatic heterocycles.